The average Bonchev–Trinajstić information content (AvgIpc) is 2.03. The molecule has 0 saturated heterocycles. The van der Waals surface area contributed by atoms with E-state index in [-0.39, 0.29) is 5.76 Å². The number of amides is 1. The van der Waals surface area contributed by atoms with E-state index in [0.29, 0.717) is 6.42 Å². The maximum Gasteiger partial charge on any atom is 0.335 e. The predicted octanol–water partition coefficient (Wildman–Crippen LogP) is 0.495. The molecule has 1 amide bonds. The van der Waals surface area contributed by atoms with E-state index in [4.69, 9.17) is 5.73 Å². The molecule has 0 fully saturated rings. The second-order valence-electron chi connectivity index (χ2n) is 1.97. The van der Waals surface area contributed by atoms with Crippen molar-refractivity contribution in [1.29, 1.82) is 0 Å². The van der Waals surface area contributed by atoms with Gasteiger partial charge in [-0.2, -0.15) is 0 Å². The minimum atomic E-state index is -0.757. The van der Waals surface area contributed by atoms with Crippen LogP contribution in [0.2, 0.25) is 0 Å². The zero-order valence-electron chi connectivity index (χ0n) is 6.87. The SMILES string of the molecule is C=CC(=O)O/C(=C\CC)C(N)=O. The Bertz CT molecular complexity index is 228. The van der Waals surface area contributed by atoms with Gasteiger partial charge in [0, 0.05) is 6.08 Å². The molecule has 4 heteroatoms. The number of rotatable bonds is 4. The van der Waals surface area contributed by atoms with Gasteiger partial charge in [-0.3, -0.25) is 4.79 Å². The van der Waals surface area contributed by atoms with Gasteiger partial charge in [-0.15, -0.1) is 0 Å². The van der Waals surface area contributed by atoms with Crippen molar-refractivity contribution in [1.82, 2.24) is 0 Å². The summed E-state index contributed by atoms with van der Waals surface area (Å²) >= 11 is 0. The van der Waals surface area contributed by atoms with E-state index in [1.54, 1.807) is 6.92 Å². The Morgan fingerprint density at radius 2 is 2.17 bits per heavy atom. The molecular formula is C8H11NO3. The van der Waals surface area contributed by atoms with E-state index in [2.05, 4.69) is 11.3 Å². The fourth-order valence-electron chi connectivity index (χ4n) is 0.528. The Labute approximate surface area is 70.7 Å². The third kappa shape index (κ3) is 3.55. The second kappa shape index (κ2) is 5.12. The van der Waals surface area contributed by atoms with Gasteiger partial charge in [0.15, 0.2) is 5.76 Å². The first-order chi connectivity index (χ1) is 5.61. The van der Waals surface area contributed by atoms with Gasteiger partial charge in [-0.05, 0) is 12.5 Å². The fourth-order valence-corrected chi connectivity index (χ4v) is 0.528. The molecule has 2 N–H and O–H groups in total. The minimum Gasteiger partial charge on any atom is -0.418 e. The zero-order valence-corrected chi connectivity index (χ0v) is 6.87. The van der Waals surface area contributed by atoms with Crippen LogP contribution in [-0.4, -0.2) is 11.9 Å². The summed E-state index contributed by atoms with van der Waals surface area (Å²) in [5.74, 6) is -1.58. The standard InChI is InChI=1S/C8H11NO3/c1-3-5-6(8(9)11)12-7(10)4-2/h4-5H,2-3H2,1H3,(H2,9,11)/b6-5-. The Kier molecular flexibility index (Phi) is 4.45. The number of primary amides is 1. The lowest BCUT2D eigenvalue weighted by Crippen LogP contribution is -2.18. The topological polar surface area (TPSA) is 69.4 Å². The van der Waals surface area contributed by atoms with E-state index in [0.717, 1.165) is 6.08 Å². The first-order valence-corrected chi connectivity index (χ1v) is 3.46. The first-order valence-electron chi connectivity index (χ1n) is 3.46. The van der Waals surface area contributed by atoms with Crippen LogP contribution in [0.4, 0.5) is 0 Å². The fraction of sp³-hybridized carbons (Fsp3) is 0.250. The monoisotopic (exact) mass is 169 g/mol. The number of allylic oxidation sites excluding steroid dienone is 1. The number of hydrogen-bond acceptors (Lipinski definition) is 3. The van der Waals surface area contributed by atoms with Gasteiger partial charge in [-0.1, -0.05) is 13.5 Å². The molecule has 0 heterocycles. The van der Waals surface area contributed by atoms with Gasteiger partial charge in [0.25, 0.3) is 5.91 Å². The van der Waals surface area contributed by atoms with Crippen LogP contribution < -0.4 is 5.73 Å². The quantitative estimate of drug-likeness (QED) is 0.378. The van der Waals surface area contributed by atoms with Gasteiger partial charge >= 0.3 is 5.97 Å². The molecule has 0 saturated carbocycles. The number of carbonyl (C=O) groups is 2. The Morgan fingerprint density at radius 1 is 1.58 bits per heavy atom. The van der Waals surface area contributed by atoms with Gasteiger partial charge in [0.05, 0.1) is 0 Å². The molecule has 0 atom stereocenters. The van der Waals surface area contributed by atoms with Gasteiger partial charge in [0.2, 0.25) is 0 Å². The van der Waals surface area contributed by atoms with Gasteiger partial charge < -0.3 is 10.5 Å². The van der Waals surface area contributed by atoms with Crippen molar-refractivity contribution in [3.05, 3.63) is 24.5 Å². The summed E-state index contributed by atoms with van der Waals surface area (Å²) in [7, 11) is 0. The van der Waals surface area contributed by atoms with Crippen molar-refractivity contribution in [3.63, 3.8) is 0 Å². The van der Waals surface area contributed by atoms with Crippen molar-refractivity contribution in [2.24, 2.45) is 5.73 Å². The van der Waals surface area contributed by atoms with Crippen LogP contribution >= 0.6 is 0 Å². The maximum atomic E-state index is 10.6. The summed E-state index contributed by atoms with van der Waals surface area (Å²) in [5.41, 5.74) is 4.91. The van der Waals surface area contributed by atoms with Gasteiger partial charge in [-0.25, -0.2) is 4.79 Å². The number of hydrogen-bond donors (Lipinski definition) is 1. The van der Waals surface area contributed by atoms with Crippen LogP contribution in [-0.2, 0) is 14.3 Å². The smallest absolute Gasteiger partial charge is 0.335 e. The van der Waals surface area contributed by atoms with E-state index >= 15 is 0 Å². The number of esters is 1. The lowest BCUT2D eigenvalue weighted by Gasteiger charge is -2.01. The van der Waals surface area contributed by atoms with Gasteiger partial charge in [0.1, 0.15) is 0 Å². The summed E-state index contributed by atoms with van der Waals surface area (Å²) in [6.07, 6.45) is 2.97. The first kappa shape index (κ1) is 10.4. The molecule has 0 aliphatic carbocycles. The maximum absolute atomic E-state index is 10.6. The normalized spacial score (nSPS) is 10.6. The lowest BCUT2D eigenvalue weighted by atomic mass is 10.3. The molecule has 0 radical (unpaired) electrons. The van der Waals surface area contributed by atoms with E-state index in [1.807, 2.05) is 0 Å². The number of nitrogens with two attached hydrogens (primary N) is 1. The third-order valence-corrected chi connectivity index (χ3v) is 1.01. The predicted molar refractivity (Wildman–Crippen MR) is 43.9 cm³/mol. The summed E-state index contributed by atoms with van der Waals surface area (Å²) < 4.78 is 4.53. The highest BCUT2D eigenvalue weighted by atomic mass is 16.5. The Balaban J connectivity index is 4.34. The van der Waals surface area contributed by atoms with Crippen LogP contribution in [0.25, 0.3) is 0 Å². The van der Waals surface area contributed by atoms with Crippen molar-refractivity contribution in [2.45, 2.75) is 13.3 Å². The average molecular weight is 169 g/mol. The molecule has 0 aromatic rings. The second-order valence-corrected chi connectivity index (χ2v) is 1.97. The molecule has 0 aromatic carbocycles. The molecular weight excluding hydrogens is 158 g/mol. The highest BCUT2D eigenvalue weighted by Gasteiger charge is 2.08. The summed E-state index contributed by atoms with van der Waals surface area (Å²) in [6.45, 7) is 4.98. The molecule has 0 spiro atoms. The molecule has 0 bridgehead atoms. The molecule has 0 aromatic heterocycles. The lowest BCUT2D eigenvalue weighted by molar-refractivity contribution is -0.137. The van der Waals surface area contributed by atoms with Crippen molar-refractivity contribution >= 4 is 11.9 Å². The molecule has 0 rings (SSSR count). The van der Waals surface area contributed by atoms with Crippen LogP contribution in [0.15, 0.2) is 24.5 Å². The number of ether oxygens (including phenoxy) is 1. The largest absolute Gasteiger partial charge is 0.418 e. The highest BCUT2D eigenvalue weighted by molar-refractivity contribution is 5.94. The molecule has 66 valence electrons. The molecule has 12 heavy (non-hydrogen) atoms. The molecule has 0 aliphatic rings. The minimum absolute atomic E-state index is 0.137. The van der Waals surface area contributed by atoms with Crippen molar-refractivity contribution < 1.29 is 14.3 Å². The van der Waals surface area contributed by atoms with Crippen LogP contribution in [0, 0.1) is 0 Å². The highest BCUT2D eigenvalue weighted by Crippen LogP contribution is 1.99. The van der Waals surface area contributed by atoms with Crippen LogP contribution in [0.3, 0.4) is 0 Å². The zero-order chi connectivity index (χ0) is 9.56. The van der Waals surface area contributed by atoms with Crippen LogP contribution in [0.1, 0.15) is 13.3 Å². The molecule has 0 unspecified atom stereocenters. The summed E-state index contributed by atoms with van der Waals surface area (Å²) in [5, 5.41) is 0. The Hall–Kier alpha value is -1.58. The number of carbonyl (C=O) groups excluding carboxylic acids is 2. The third-order valence-electron chi connectivity index (χ3n) is 1.01. The van der Waals surface area contributed by atoms with Crippen molar-refractivity contribution in [3.8, 4) is 0 Å². The van der Waals surface area contributed by atoms with E-state index in [1.165, 1.54) is 6.08 Å². The van der Waals surface area contributed by atoms with Crippen molar-refractivity contribution in [2.75, 3.05) is 0 Å². The van der Waals surface area contributed by atoms with Crippen LogP contribution in [0.5, 0.6) is 0 Å². The molecule has 4 nitrogen and oxygen atoms in total. The molecule has 0 aliphatic heterocycles. The van der Waals surface area contributed by atoms with E-state index in [9.17, 15) is 9.59 Å². The summed E-state index contributed by atoms with van der Waals surface area (Å²) in [4.78, 5) is 21.2. The summed E-state index contributed by atoms with van der Waals surface area (Å²) in [6, 6.07) is 0. The Morgan fingerprint density at radius 3 is 2.50 bits per heavy atom. The van der Waals surface area contributed by atoms with E-state index < -0.39 is 11.9 Å².